The molecule has 0 saturated carbocycles. The molecule has 0 aliphatic heterocycles. The lowest BCUT2D eigenvalue weighted by atomic mass is 10.1. The Hall–Kier alpha value is -1.60. The van der Waals surface area contributed by atoms with Crippen molar-refractivity contribution in [2.45, 2.75) is 27.7 Å². The Morgan fingerprint density at radius 3 is 2.16 bits per heavy atom. The standard InChI is InChI=1S/C16H18S.C2H6/c1-5-9-12-16-14(11-7-3)13(10-6-2)15(8-4)17-16;1-2/h5-12H,1-2H2,3-4H3;1-2H3/b11-7-,12-9-,13-10-,15-8+;. The molecule has 1 aromatic heterocycles. The van der Waals surface area contributed by atoms with E-state index in [1.165, 1.54) is 20.2 Å². The lowest BCUT2D eigenvalue weighted by Crippen LogP contribution is -2.19. The van der Waals surface area contributed by atoms with E-state index in [0.717, 1.165) is 0 Å². The fraction of sp³-hybridized carbons (Fsp3) is 0.222. The molecular formula is C18H24S. The van der Waals surface area contributed by atoms with E-state index < -0.39 is 0 Å². The minimum absolute atomic E-state index is 1.24. The third-order valence-electron chi connectivity index (χ3n) is 2.30. The van der Waals surface area contributed by atoms with Gasteiger partial charge in [0, 0.05) is 9.41 Å². The van der Waals surface area contributed by atoms with Crippen LogP contribution in [-0.4, -0.2) is 0 Å². The maximum Gasteiger partial charge on any atom is 0.0355 e. The van der Waals surface area contributed by atoms with Crippen LogP contribution in [0.4, 0.5) is 0 Å². The molecule has 0 bridgehead atoms. The number of allylic oxidation sites excluding steroid dienone is 4. The Morgan fingerprint density at radius 2 is 1.68 bits per heavy atom. The summed E-state index contributed by atoms with van der Waals surface area (Å²) in [7, 11) is 0. The fourth-order valence-electron chi connectivity index (χ4n) is 1.62. The molecule has 0 radical (unpaired) electrons. The van der Waals surface area contributed by atoms with Gasteiger partial charge in [0.15, 0.2) is 0 Å². The van der Waals surface area contributed by atoms with Crippen LogP contribution in [-0.2, 0) is 0 Å². The van der Waals surface area contributed by atoms with E-state index in [0.29, 0.717) is 0 Å². The molecule has 0 unspecified atom stereocenters. The Kier molecular flexibility index (Phi) is 9.46. The molecule has 1 heterocycles. The number of rotatable bonds is 4. The molecule has 0 atom stereocenters. The average Bonchev–Trinajstić information content (AvgIpc) is 2.77. The summed E-state index contributed by atoms with van der Waals surface area (Å²) < 4.78 is 1.28. The predicted molar refractivity (Wildman–Crippen MR) is 93.7 cm³/mol. The molecule has 19 heavy (non-hydrogen) atoms. The van der Waals surface area contributed by atoms with Crippen LogP contribution in [0.2, 0.25) is 0 Å². The molecule has 102 valence electrons. The highest BCUT2D eigenvalue weighted by molar-refractivity contribution is 7.11. The number of thiophene rings is 1. The Balaban J connectivity index is 0.00000154. The highest BCUT2D eigenvalue weighted by atomic mass is 32.1. The molecule has 0 aliphatic carbocycles. The van der Waals surface area contributed by atoms with Crippen LogP contribution in [0.5, 0.6) is 0 Å². The molecule has 0 N–H and O–H groups in total. The molecular weight excluding hydrogens is 248 g/mol. The van der Waals surface area contributed by atoms with Gasteiger partial charge < -0.3 is 0 Å². The molecule has 1 heteroatoms. The summed E-state index contributed by atoms with van der Waals surface area (Å²) in [6.45, 7) is 15.6. The third kappa shape index (κ3) is 4.88. The molecule has 0 aliphatic rings. The zero-order valence-electron chi connectivity index (χ0n) is 12.4. The molecule has 0 saturated heterocycles. The van der Waals surface area contributed by atoms with Crippen LogP contribution < -0.4 is 9.75 Å². The summed E-state index contributed by atoms with van der Waals surface area (Å²) in [6.07, 6.45) is 16.1. The van der Waals surface area contributed by atoms with Crippen LogP contribution in [0.15, 0.2) is 37.5 Å². The minimum atomic E-state index is 1.24. The minimum Gasteiger partial charge on any atom is -0.136 e. The molecule has 0 amide bonds. The maximum absolute atomic E-state index is 3.78. The van der Waals surface area contributed by atoms with Gasteiger partial charge in [0.1, 0.15) is 0 Å². The number of hydrogen-bond acceptors (Lipinski definition) is 1. The molecule has 0 aromatic carbocycles. The van der Waals surface area contributed by atoms with Crippen molar-refractivity contribution in [3.63, 3.8) is 0 Å². The first-order valence-electron chi connectivity index (χ1n) is 6.62. The summed E-state index contributed by atoms with van der Waals surface area (Å²) in [5.74, 6) is 0. The van der Waals surface area contributed by atoms with Crippen molar-refractivity contribution in [2.75, 3.05) is 0 Å². The van der Waals surface area contributed by atoms with E-state index in [1.807, 2.05) is 32.9 Å². The molecule has 1 aromatic rings. The quantitative estimate of drug-likeness (QED) is 0.692. The van der Waals surface area contributed by atoms with Crippen LogP contribution >= 0.6 is 11.3 Å². The smallest absolute Gasteiger partial charge is 0.0355 e. The zero-order valence-corrected chi connectivity index (χ0v) is 13.3. The summed E-state index contributed by atoms with van der Waals surface area (Å²) >= 11 is 1.79. The number of hydrogen-bond donors (Lipinski definition) is 0. The Labute approximate surface area is 121 Å². The van der Waals surface area contributed by atoms with E-state index in [4.69, 9.17) is 0 Å². The lowest BCUT2D eigenvalue weighted by Gasteiger charge is -1.91. The normalized spacial score (nSPS) is 12.8. The van der Waals surface area contributed by atoms with Crippen molar-refractivity contribution in [2.24, 2.45) is 0 Å². The summed E-state index contributed by atoms with van der Waals surface area (Å²) in [5, 5.41) is 1.24. The predicted octanol–water partition coefficient (Wildman–Crippen LogP) is 4.77. The maximum atomic E-state index is 3.78. The highest BCUT2D eigenvalue weighted by Gasteiger charge is 2.02. The Morgan fingerprint density at radius 1 is 1.00 bits per heavy atom. The van der Waals surface area contributed by atoms with Crippen molar-refractivity contribution < 1.29 is 0 Å². The average molecular weight is 272 g/mol. The molecule has 1 rings (SSSR count). The van der Waals surface area contributed by atoms with Gasteiger partial charge in [-0.2, -0.15) is 0 Å². The van der Waals surface area contributed by atoms with E-state index in [2.05, 4.69) is 50.5 Å². The fourth-order valence-corrected chi connectivity index (χ4v) is 2.69. The van der Waals surface area contributed by atoms with Gasteiger partial charge in [0.2, 0.25) is 0 Å². The largest absolute Gasteiger partial charge is 0.136 e. The molecule has 0 fully saturated rings. The van der Waals surface area contributed by atoms with Crippen molar-refractivity contribution in [3.05, 3.63) is 57.7 Å². The highest BCUT2D eigenvalue weighted by Crippen LogP contribution is 2.13. The molecule has 0 nitrogen and oxygen atoms in total. The van der Waals surface area contributed by atoms with Gasteiger partial charge in [-0.25, -0.2) is 0 Å². The van der Waals surface area contributed by atoms with Crippen LogP contribution in [0, 0.1) is 0 Å². The van der Waals surface area contributed by atoms with Gasteiger partial charge in [-0.3, -0.25) is 0 Å². The zero-order chi connectivity index (χ0) is 14.7. The van der Waals surface area contributed by atoms with E-state index in [1.54, 1.807) is 17.4 Å². The Bertz CT molecular complexity index is 566. The van der Waals surface area contributed by atoms with Crippen LogP contribution in [0.3, 0.4) is 0 Å². The first-order chi connectivity index (χ1) is 9.28. The van der Waals surface area contributed by atoms with Gasteiger partial charge in [0.05, 0.1) is 0 Å². The van der Waals surface area contributed by atoms with E-state index >= 15 is 0 Å². The van der Waals surface area contributed by atoms with Crippen molar-refractivity contribution >= 4 is 35.6 Å². The monoisotopic (exact) mass is 272 g/mol. The van der Waals surface area contributed by atoms with Crippen LogP contribution in [0.1, 0.15) is 38.1 Å². The van der Waals surface area contributed by atoms with E-state index in [9.17, 15) is 0 Å². The first kappa shape index (κ1) is 17.4. The van der Waals surface area contributed by atoms with Crippen molar-refractivity contribution in [1.82, 2.24) is 0 Å². The van der Waals surface area contributed by atoms with Gasteiger partial charge >= 0.3 is 0 Å². The topological polar surface area (TPSA) is 0 Å². The van der Waals surface area contributed by atoms with Crippen molar-refractivity contribution in [3.8, 4) is 0 Å². The second-order valence-corrected chi connectivity index (χ2v) is 4.53. The SMILES string of the molecule is C=C/C=C\c1sc(=C/C)/c(=C\C=C)c1/C=C\C.CC. The van der Waals surface area contributed by atoms with Gasteiger partial charge in [-0.15, -0.1) is 11.3 Å². The van der Waals surface area contributed by atoms with Gasteiger partial charge in [-0.05, 0) is 30.7 Å². The lowest BCUT2D eigenvalue weighted by molar-refractivity contribution is 1.50. The summed E-state index contributed by atoms with van der Waals surface area (Å²) in [5.41, 5.74) is 1.25. The summed E-state index contributed by atoms with van der Waals surface area (Å²) in [6, 6.07) is 0. The van der Waals surface area contributed by atoms with Gasteiger partial charge in [-0.1, -0.05) is 69.5 Å². The van der Waals surface area contributed by atoms with Gasteiger partial charge in [0.25, 0.3) is 0 Å². The second-order valence-electron chi connectivity index (χ2n) is 3.44. The molecule has 0 spiro atoms. The van der Waals surface area contributed by atoms with Crippen LogP contribution in [0.25, 0.3) is 24.3 Å². The van der Waals surface area contributed by atoms with E-state index in [-0.39, 0.29) is 0 Å². The first-order valence-corrected chi connectivity index (χ1v) is 7.43. The third-order valence-corrected chi connectivity index (χ3v) is 3.56. The van der Waals surface area contributed by atoms with Crippen molar-refractivity contribution in [1.29, 1.82) is 0 Å². The second kappa shape index (κ2) is 10.3. The summed E-state index contributed by atoms with van der Waals surface area (Å²) in [4.78, 5) is 1.25.